The Morgan fingerprint density at radius 3 is 3.00 bits per heavy atom. The first-order valence-corrected chi connectivity index (χ1v) is 6.72. The van der Waals surface area contributed by atoms with Crippen molar-refractivity contribution in [2.75, 3.05) is 24.5 Å². The quantitative estimate of drug-likeness (QED) is 0.805. The molecular weight excluding hydrogens is 240 g/mol. The van der Waals surface area contributed by atoms with Crippen LogP contribution in [0.2, 0.25) is 0 Å². The molecule has 0 atom stereocenters. The number of nitriles is 1. The SMILES string of the molecule is N#Cc1cc2c(nc1N1CCNC(=O)C1)CCCC2. The molecule has 1 fully saturated rings. The zero-order valence-electron chi connectivity index (χ0n) is 10.8. The van der Waals surface area contributed by atoms with Gasteiger partial charge in [-0.15, -0.1) is 0 Å². The van der Waals surface area contributed by atoms with Gasteiger partial charge in [-0.25, -0.2) is 4.98 Å². The molecule has 2 aliphatic rings. The maximum absolute atomic E-state index is 11.5. The number of carbonyl (C=O) groups is 1. The van der Waals surface area contributed by atoms with E-state index < -0.39 is 0 Å². The molecule has 1 aliphatic carbocycles. The largest absolute Gasteiger partial charge is 0.353 e. The molecule has 1 N–H and O–H groups in total. The second-order valence-electron chi connectivity index (χ2n) is 5.06. The zero-order chi connectivity index (χ0) is 13.2. The maximum Gasteiger partial charge on any atom is 0.239 e. The summed E-state index contributed by atoms with van der Waals surface area (Å²) < 4.78 is 0. The Morgan fingerprint density at radius 2 is 2.21 bits per heavy atom. The van der Waals surface area contributed by atoms with E-state index in [-0.39, 0.29) is 5.91 Å². The highest BCUT2D eigenvalue weighted by molar-refractivity contribution is 5.82. The third kappa shape index (κ3) is 2.26. The van der Waals surface area contributed by atoms with Crippen molar-refractivity contribution < 1.29 is 4.79 Å². The fraction of sp³-hybridized carbons (Fsp3) is 0.500. The van der Waals surface area contributed by atoms with E-state index >= 15 is 0 Å². The maximum atomic E-state index is 11.5. The lowest BCUT2D eigenvalue weighted by atomic mass is 9.95. The summed E-state index contributed by atoms with van der Waals surface area (Å²) in [5.41, 5.74) is 2.90. The van der Waals surface area contributed by atoms with Gasteiger partial charge in [-0.05, 0) is 37.3 Å². The molecule has 2 heterocycles. The monoisotopic (exact) mass is 256 g/mol. The Balaban J connectivity index is 1.99. The second kappa shape index (κ2) is 4.88. The lowest BCUT2D eigenvalue weighted by Gasteiger charge is -2.29. The number of pyridine rings is 1. The van der Waals surface area contributed by atoms with Crippen molar-refractivity contribution in [2.24, 2.45) is 0 Å². The zero-order valence-corrected chi connectivity index (χ0v) is 10.8. The molecule has 0 spiro atoms. The van der Waals surface area contributed by atoms with Crippen LogP contribution in [-0.4, -0.2) is 30.5 Å². The lowest BCUT2D eigenvalue weighted by molar-refractivity contribution is -0.120. The van der Waals surface area contributed by atoms with Crippen molar-refractivity contribution in [2.45, 2.75) is 25.7 Å². The Bertz CT molecular complexity index is 561. The van der Waals surface area contributed by atoms with Crippen molar-refractivity contribution in [1.29, 1.82) is 5.26 Å². The van der Waals surface area contributed by atoms with Gasteiger partial charge in [0.1, 0.15) is 11.9 Å². The Morgan fingerprint density at radius 1 is 1.37 bits per heavy atom. The van der Waals surface area contributed by atoms with E-state index in [4.69, 9.17) is 0 Å². The van der Waals surface area contributed by atoms with Crippen LogP contribution in [0.5, 0.6) is 0 Å². The van der Waals surface area contributed by atoms with Crippen molar-refractivity contribution in [3.63, 3.8) is 0 Å². The first-order valence-electron chi connectivity index (χ1n) is 6.72. The molecule has 0 radical (unpaired) electrons. The molecule has 0 saturated carbocycles. The normalized spacial score (nSPS) is 18.5. The summed E-state index contributed by atoms with van der Waals surface area (Å²) in [6.45, 7) is 1.62. The summed E-state index contributed by atoms with van der Waals surface area (Å²) in [7, 11) is 0. The van der Waals surface area contributed by atoms with Crippen LogP contribution in [0.25, 0.3) is 0 Å². The predicted octanol–water partition coefficient (Wildman–Crippen LogP) is 0.768. The molecule has 1 saturated heterocycles. The van der Waals surface area contributed by atoms with Gasteiger partial charge in [0.25, 0.3) is 0 Å². The summed E-state index contributed by atoms with van der Waals surface area (Å²) in [4.78, 5) is 18.0. The molecule has 5 nitrogen and oxygen atoms in total. The highest BCUT2D eigenvalue weighted by Gasteiger charge is 2.22. The van der Waals surface area contributed by atoms with Crippen LogP contribution in [0.4, 0.5) is 5.82 Å². The van der Waals surface area contributed by atoms with Crippen molar-refractivity contribution in [1.82, 2.24) is 10.3 Å². The van der Waals surface area contributed by atoms with Crippen LogP contribution in [-0.2, 0) is 17.6 Å². The molecular formula is C14H16N4O. The van der Waals surface area contributed by atoms with Gasteiger partial charge in [-0.1, -0.05) is 0 Å². The topological polar surface area (TPSA) is 69.0 Å². The third-order valence-electron chi connectivity index (χ3n) is 3.74. The molecule has 1 aromatic heterocycles. The summed E-state index contributed by atoms with van der Waals surface area (Å²) in [5, 5.41) is 12.1. The van der Waals surface area contributed by atoms with E-state index in [0.717, 1.165) is 25.0 Å². The summed E-state index contributed by atoms with van der Waals surface area (Å²) in [6, 6.07) is 4.18. The molecule has 19 heavy (non-hydrogen) atoms. The predicted molar refractivity (Wildman–Crippen MR) is 70.8 cm³/mol. The number of carbonyl (C=O) groups excluding carboxylic acids is 1. The minimum atomic E-state index is -0.00494. The number of piperazine rings is 1. The number of aromatic nitrogens is 1. The second-order valence-corrected chi connectivity index (χ2v) is 5.06. The summed E-state index contributed by atoms with van der Waals surface area (Å²) in [5.74, 6) is 0.674. The van der Waals surface area contributed by atoms with Crippen LogP contribution in [0.15, 0.2) is 6.07 Å². The minimum Gasteiger partial charge on any atom is -0.353 e. The average Bonchev–Trinajstić information content (AvgIpc) is 2.46. The van der Waals surface area contributed by atoms with Gasteiger partial charge in [0.05, 0.1) is 12.1 Å². The van der Waals surface area contributed by atoms with E-state index in [2.05, 4.69) is 16.4 Å². The number of nitrogens with one attached hydrogen (secondary N) is 1. The van der Waals surface area contributed by atoms with Gasteiger partial charge in [-0.3, -0.25) is 4.79 Å². The van der Waals surface area contributed by atoms with Gasteiger partial charge in [-0.2, -0.15) is 5.26 Å². The van der Waals surface area contributed by atoms with E-state index in [0.29, 0.717) is 31.0 Å². The highest BCUT2D eigenvalue weighted by atomic mass is 16.2. The Kier molecular flexibility index (Phi) is 3.08. The molecule has 1 amide bonds. The molecule has 0 aromatic carbocycles. The molecule has 1 aliphatic heterocycles. The molecule has 98 valence electrons. The van der Waals surface area contributed by atoms with Crippen LogP contribution in [0, 0.1) is 11.3 Å². The molecule has 5 heteroatoms. The van der Waals surface area contributed by atoms with Crippen molar-refractivity contribution >= 4 is 11.7 Å². The minimum absolute atomic E-state index is 0.00494. The number of hydrogen-bond donors (Lipinski definition) is 1. The number of hydrogen-bond acceptors (Lipinski definition) is 4. The van der Waals surface area contributed by atoms with E-state index in [1.54, 1.807) is 0 Å². The first-order chi connectivity index (χ1) is 9.28. The number of aryl methyl sites for hydroxylation is 2. The van der Waals surface area contributed by atoms with Gasteiger partial charge in [0.2, 0.25) is 5.91 Å². The van der Waals surface area contributed by atoms with Crippen molar-refractivity contribution in [3.8, 4) is 6.07 Å². The smallest absolute Gasteiger partial charge is 0.239 e. The number of fused-ring (bicyclic) bond motifs is 1. The average molecular weight is 256 g/mol. The Labute approximate surface area is 112 Å². The molecule has 3 rings (SSSR count). The van der Waals surface area contributed by atoms with Gasteiger partial charge in [0.15, 0.2) is 0 Å². The standard InChI is InChI=1S/C14H16N4O/c15-8-11-7-10-3-1-2-4-12(10)17-14(11)18-6-5-16-13(19)9-18/h7H,1-6,9H2,(H,16,19). The third-order valence-corrected chi connectivity index (χ3v) is 3.74. The number of rotatable bonds is 1. The fourth-order valence-corrected chi connectivity index (χ4v) is 2.77. The van der Waals surface area contributed by atoms with Crippen LogP contribution in [0.1, 0.15) is 29.7 Å². The summed E-state index contributed by atoms with van der Waals surface area (Å²) >= 11 is 0. The Hall–Kier alpha value is -2.09. The van der Waals surface area contributed by atoms with E-state index in [1.165, 1.54) is 12.0 Å². The summed E-state index contributed by atoms with van der Waals surface area (Å²) in [6.07, 6.45) is 4.32. The number of nitrogens with zero attached hydrogens (tertiary/aromatic N) is 3. The van der Waals surface area contributed by atoms with Crippen molar-refractivity contribution in [3.05, 3.63) is 22.9 Å². The van der Waals surface area contributed by atoms with Crippen LogP contribution < -0.4 is 10.2 Å². The number of anilines is 1. The number of amides is 1. The van der Waals surface area contributed by atoms with Gasteiger partial charge >= 0.3 is 0 Å². The molecule has 1 aromatic rings. The van der Waals surface area contributed by atoms with Crippen LogP contribution >= 0.6 is 0 Å². The molecule has 0 bridgehead atoms. The fourth-order valence-electron chi connectivity index (χ4n) is 2.77. The lowest BCUT2D eigenvalue weighted by Crippen LogP contribution is -2.48. The van der Waals surface area contributed by atoms with Crippen LogP contribution in [0.3, 0.4) is 0 Å². The van der Waals surface area contributed by atoms with E-state index in [9.17, 15) is 10.1 Å². The van der Waals surface area contributed by atoms with E-state index in [1.807, 2.05) is 11.0 Å². The van der Waals surface area contributed by atoms with Gasteiger partial charge < -0.3 is 10.2 Å². The molecule has 0 unspecified atom stereocenters. The first kappa shape index (κ1) is 12.0. The highest BCUT2D eigenvalue weighted by Crippen LogP contribution is 2.26. The van der Waals surface area contributed by atoms with Gasteiger partial charge in [0, 0.05) is 18.8 Å².